The lowest BCUT2D eigenvalue weighted by atomic mass is 10.0. The largest absolute Gasteiger partial charge is 0.352 e. The highest BCUT2D eigenvalue weighted by molar-refractivity contribution is 5.78. The maximum absolute atomic E-state index is 11.8. The number of rotatable bonds is 5. The first kappa shape index (κ1) is 13.7. The molecule has 3 heteroatoms. The fourth-order valence-corrected chi connectivity index (χ4v) is 1.71. The van der Waals surface area contributed by atoms with Crippen LogP contribution in [-0.4, -0.2) is 18.5 Å². The molecule has 0 bridgehead atoms. The molecule has 3 N–H and O–H groups in total. The Morgan fingerprint density at radius 3 is 2.59 bits per heavy atom. The van der Waals surface area contributed by atoms with E-state index < -0.39 is 0 Å². The Morgan fingerprint density at radius 2 is 2.06 bits per heavy atom. The van der Waals surface area contributed by atoms with Crippen molar-refractivity contribution < 1.29 is 4.79 Å². The summed E-state index contributed by atoms with van der Waals surface area (Å²) in [5.74, 6) is 0.0468. The molecule has 1 aromatic rings. The highest BCUT2D eigenvalue weighted by Crippen LogP contribution is 2.10. The van der Waals surface area contributed by atoms with Gasteiger partial charge in [-0.2, -0.15) is 0 Å². The Labute approximate surface area is 103 Å². The van der Waals surface area contributed by atoms with Gasteiger partial charge >= 0.3 is 0 Å². The van der Waals surface area contributed by atoms with Crippen molar-refractivity contribution in [1.29, 1.82) is 0 Å². The Kier molecular flexibility index (Phi) is 5.16. The summed E-state index contributed by atoms with van der Waals surface area (Å²) in [4.78, 5) is 11.8. The van der Waals surface area contributed by atoms with E-state index >= 15 is 0 Å². The lowest BCUT2D eigenvalue weighted by Gasteiger charge is -2.14. The van der Waals surface area contributed by atoms with E-state index in [1.165, 1.54) is 11.1 Å². The SMILES string of the molecule is CCC(CN)NC(=O)Cc1ccc(C)c(C)c1. The van der Waals surface area contributed by atoms with E-state index in [1.54, 1.807) is 0 Å². The van der Waals surface area contributed by atoms with Crippen molar-refractivity contribution in [3.63, 3.8) is 0 Å². The molecule has 0 heterocycles. The van der Waals surface area contributed by atoms with Gasteiger partial charge in [0, 0.05) is 12.6 Å². The second kappa shape index (κ2) is 6.40. The summed E-state index contributed by atoms with van der Waals surface area (Å²) in [5.41, 5.74) is 9.08. The van der Waals surface area contributed by atoms with E-state index in [-0.39, 0.29) is 11.9 Å². The molecule has 0 aliphatic heterocycles. The van der Waals surface area contributed by atoms with Gasteiger partial charge < -0.3 is 11.1 Å². The first-order chi connectivity index (χ1) is 8.06. The van der Waals surface area contributed by atoms with Gasteiger partial charge in [-0.3, -0.25) is 4.79 Å². The summed E-state index contributed by atoms with van der Waals surface area (Å²) in [5, 5.41) is 2.93. The molecular formula is C14H22N2O. The number of benzene rings is 1. The molecule has 1 amide bonds. The second-order valence-corrected chi connectivity index (χ2v) is 4.50. The molecule has 0 aliphatic rings. The first-order valence-electron chi connectivity index (χ1n) is 6.12. The molecule has 1 unspecified atom stereocenters. The van der Waals surface area contributed by atoms with Gasteiger partial charge in [-0.1, -0.05) is 25.1 Å². The second-order valence-electron chi connectivity index (χ2n) is 4.50. The molecular weight excluding hydrogens is 212 g/mol. The van der Waals surface area contributed by atoms with Crippen molar-refractivity contribution >= 4 is 5.91 Å². The summed E-state index contributed by atoms with van der Waals surface area (Å²) in [6.07, 6.45) is 1.30. The van der Waals surface area contributed by atoms with E-state index in [2.05, 4.69) is 31.3 Å². The standard InChI is InChI=1S/C14H22N2O/c1-4-13(9-15)16-14(17)8-12-6-5-10(2)11(3)7-12/h5-7,13H,4,8-9,15H2,1-3H3,(H,16,17). The smallest absolute Gasteiger partial charge is 0.224 e. The van der Waals surface area contributed by atoms with Gasteiger partial charge in [-0.05, 0) is 37.0 Å². The van der Waals surface area contributed by atoms with Crippen LogP contribution in [0.15, 0.2) is 18.2 Å². The fraction of sp³-hybridized carbons (Fsp3) is 0.500. The van der Waals surface area contributed by atoms with Gasteiger partial charge in [0.1, 0.15) is 0 Å². The third-order valence-corrected chi connectivity index (χ3v) is 3.08. The van der Waals surface area contributed by atoms with E-state index in [9.17, 15) is 4.79 Å². The van der Waals surface area contributed by atoms with Crippen molar-refractivity contribution in [2.75, 3.05) is 6.54 Å². The number of hydrogen-bond acceptors (Lipinski definition) is 2. The maximum atomic E-state index is 11.8. The average Bonchev–Trinajstić information content (AvgIpc) is 2.31. The number of carbonyl (C=O) groups is 1. The van der Waals surface area contributed by atoms with Gasteiger partial charge in [0.05, 0.1) is 6.42 Å². The van der Waals surface area contributed by atoms with Crippen LogP contribution in [0.4, 0.5) is 0 Å². The normalized spacial score (nSPS) is 12.2. The lowest BCUT2D eigenvalue weighted by molar-refractivity contribution is -0.121. The molecule has 17 heavy (non-hydrogen) atoms. The monoisotopic (exact) mass is 234 g/mol. The predicted molar refractivity (Wildman–Crippen MR) is 70.9 cm³/mol. The average molecular weight is 234 g/mol. The van der Waals surface area contributed by atoms with Crippen molar-refractivity contribution in [3.8, 4) is 0 Å². The molecule has 3 nitrogen and oxygen atoms in total. The topological polar surface area (TPSA) is 55.1 Å². The third kappa shape index (κ3) is 4.19. The molecule has 0 aliphatic carbocycles. The molecule has 0 saturated carbocycles. The van der Waals surface area contributed by atoms with Gasteiger partial charge in [-0.15, -0.1) is 0 Å². The summed E-state index contributed by atoms with van der Waals surface area (Å²) in [6.45, 7) is 6.65. The van der Waals surface area contributed by atoms with Crippen LogP contribution in [0.25, 0.3) is 0 Å². The summed E-state index contributed by atoms with van der Waals surface area (Å²) >= 11 is 0. The van der Waals surface area contributed by atoms with Gasteiger partial charge in [0.25, 0.3) is 0 Å². The first-order valence-corrected chi connectivity index (χ1v) is 6.12. The van der Waals surface area contributed by atoms with Crippen molar-refractivity contribution in [2.24, 2.45) is 5.73 Å². The van der Waals surface area contributed by atoms with Crippen LogP contribution in [0.2, 0.25) is 0 Å². The van der Waals surface area contributed by atoms with E-state index in [0.29, 0.717) is 13.0 Å². The summed E-state index contributed by atoms with van der Waals surface area (Å²) in [6, 6.07) is 6.22. The molecule has 1 rings (SSSR count). The number of carbonyl (C=O) groups excluding carboxylic acids is 1. The minimum Gasteiger partial charge on any atom is -0.352 e. The van der Waals surface area contributed by atoms with Gasteiger partial charge in [0.15, 0.2) is 0 Å². The van der Waals surface area contributed by atoms with E-state index in [0.717, 1.165) is 12.0 Å². The van der Waals surface area contributed by atoms with Crippen molar-refractivity contribution in [2.45, 2.75) is 39.7 Å². The van der Waals surface area contributed by atoms with Crippen LogP contribution < -0.4 is 11.1 Å². The molecule has 0 aromatic heterocycles. The van der Waals surface area contributed by atoms with E-state index in [4.69, 9.17) is 5.73 Å². The molecule has 0 fully saturated rings. The Bertz CT molecular complexity index is 384. The maximum Gasteiger partial charge on any atom is 0.224 e. The quantitative estimate of drug-likeness (QED) is 0.814. The van der Waals surface area contributed by atoms with Crippen LogP contribution in [-0.2, 0) is 11.2 Å². The molecule has 1 atom stereocenters. The number of hydrogen-bond donors (Lipinski definition) is 2. The number of amides is 1. The zero-order chi connectivity index (χ0) is 12.8. The van der Waals surface area contributed by atoms with Crippen LogP contribution in [0.5, 0.6) is 0 Å². The highest BCUT2D eigenvalue weighted by Gasteiger charge is 2.09. The molecule has 94 valence electrons. The van der Waals surface area contributed by atoms with Crippen molar-refractivity contribution in [1.82, 2.24) is 5.32 Å². The van der Waals surface area contributed by atoms with Crippen LogP contribution in [0, 0.1) is 13.8 Å². The summed E-state index contributed by atoms with van der Waals surface area (Å²) < 4.78 is 0. The van der Waals surface area contributed by atoms with Crippen LogP contribution in [0.1, 0.15) is 30.0 Å². The molecule has 1 aromatic carbocycles. The molecule has 0 radical (unpaired) electrons. The Balaban J connectivity index is 2.58. The Morgan fingerprint density at radius 1 is 1.35 bits per heavy atom. The number of aryl methyl sites for hydroxylation is 2. The minimum atomic E-state index is 0.0468. The predicted octanol–water partition coefficient (Wildman–Crippen LogP) is 1.70. The summed E-state index contributed by atoms with van der Waals surface area (Å²) in [7, 11) is 0. The van der Waals surface area contributed by atoms with Crippen LogP contribution >= 0.6 is 0 Å². The van der Waals surface area contributed by atoms with Crippen LogP contribution in [0.3, 0.4) is 0 Å². The lowest BCUT2D eigenvalue weighted by Crippen LogP contribution is -2.40. The highest BCUT2D eigenvalue weighted by atomic mass is 16.1. The molecule has 0 saturated heterocycles. The van der Waals surface area contributed by atoms with Gasteiger partial charge in [0.2, 0.25) is 5.91 Å². The molecule has 0 spiro atoms. The zero-order valence-corrected chi connectivity index (χ0v) is 10.9. The minimum absolute atomic E-state index is 0.0468. The third-order valence-electron chi connectivity index (χ3n) is 3.08. The van der Waals surface area contributed by atoms with Gasteiger partial charge in [-0.25, -0.2) is 0 Å². The van der Waals surface area contributed by atoms with Crippen molar-refractivity contribution in [3.05, 3.63) is 34.9 Å². The number of nitrogens with one attached hydrogen (secondary N) is 1. The fourth-order valence-electron chi connectivity index (χ4n) is 1.71. The Hall–Kier alpha value is -1.35. The number of nitrogens with two attached hydrogens (primary N) is 1. The van der Waals surface area contributed by atoms with E-state index in [1.807, 2.05) is 13.0 Å². The zero-order valence-electron chi connectivity index (χ0n) is 10.9.